The molecule has 0 aliphatic carbocycles. The van der Waals surface area contributed by atoms with Gasteiger partial charge in [-0.3, -0.25) is 0 Å². The van der Waals surface area contributed by atoms with E-state index < -0.39 is 0 Å². The van der Waals surface area contributed by atoms with Crippen molar-refractivity contribution in [2.75, 3.05) is 19.7 Å². The van der Waals surface area contributed by atoms with Gasteiger partial charge in [-0.05, 0) is 50.4 Å². The molecule has 0 amide bonds. The average molecular weight is 235 g/mol. The Hall–Kier alpha value is -1.02. The molecule has 0 unspecified atom stereocenters. The van der Waals surface area contributed by atoms with Gasteiger partial charge in [-0.15, -0.1) is 0 Å². The molecule has 2 heteroatoms. The molecular weight excluding hydrogens is 210 g/mol. The Morgan fingerprint density at radius 3 is 2.71 bits per heavy atom. The Morgan fingerprint density at radius 2 is 2.00 bits per heavy atom. The third-order valence-corrected chi connectivity index (χ3v) is 2.62. The molecule has 0 aliphatic heterocycles. The molecule has 0 saturated heterocycles. The third kappa shape index (κ3) is 5.73. The fourth-order valence-electron chi connectivity index (χ4n) is 1.80. The highest BCUT2D eigenvalue weighted by molar-refractivity contribution is 5.33. The van der Waals surface area contributed by atoms with Crippen LogP contribution in [0.25, 0.3) is 0 Å². The molecule has 0 spiro atoms. The summed E-state index contributed by atoms with van der Waals surface area (Å²) >= 11 is 0. The van der Waals surface area contributed by atoms with Crippen LogP contribution in [0.1, 0.15) is 32.8 Å². The van der Waals surface area contributed by atoms with E-state index in [0.29, 0.717) is 0 Å². The first-order chi connectivity index (χ1) is 8.24. The summed E-state index contributed by atoms with van der Waals surface area (Å²) in [7, 11) is 0. The van der Waals surface area contributed by atoms with E-state index in [1.54, 1.807) is 0 Å². The maximum absolute atomic E-state index is 5.61. The lowest BCUT2D eigenvalue weighted by atomic mass is 10.1. The lowest BCUT2D eigenvalue weighted by Crippen LogP contribution is -2.21. The van der Waals surface area contributed by atoms with Crippen molar-refractivity contribution in [1.82, 2.24) is 5.32 Å². The SMILES string of the molecule is CCOc1ccccc1CCCNCC(C)C. The van der Waals surface area contributed by atoms with Crippen molar-refractivity contribution >= 4 is 0 Å². The number of hydrogen-bond donors (Lipinski definition) is 1. The number of benzene rings is 1. The Bertz CT molecular complexity index is 310. The number of ether oxygens (including phenoxy) is 1. The number of aryl methyl sites for hydroxylation is 1. The first-order valence-electron chi connectivity index (χ1n) is 6.65. The number of hydrogen-bond acceptors (Lipinski definition) is 2. The molecule has 0 atom stereocenters. The normalized spacial score (nSPS) is 10.8. The summed E-state index contributed by atoms with van der Waals surface area (Å²) in [6.07, 6.45) is 2.25. The van der Waals surface area contributed by atoms with Crippen LogP contribution in [-0.4, -0.2) is 19.7 Å². The maximum atomic E-state index is 5.61. The van der Waals surface area contributed by atoms with Crippen molar-refractivity contribution < 1.29 is 4.74 Å². The standard InChI is InChI=1S/C15H25NO/c1-4-17-15-10-6-5-8-14(15)9-7-11-16-12-13(2)3/h5-6,8,10,13,16H,4,7,9,11-12H2,1-3H3. The first-order valence-corrected chi connectivity index (χ1v) is 6.65. The second kappa shape index (κ2) is 8.13. The van der Waals surface area contributed by atoms with E-state index in [1.807, 2.05) is 13.0 Å². The van der Waals surface area contributed by atoms with Crippen LogP contribution in [0.5, 0.6) is 5.75 Å². The average Bonchev–Trinajstić information content (AvgIpc) is 2.31. The second-order valence-electron chi connectivity index (χ2n) is 4.74. The Balaban J connectivity index is 2.30. The Labute approximate surface area is 105 Å². The van der Waals surface area contributed by atoms with Gasteiger partial charge >= 0.3 is 0 Å². The van der Waals surface area contributed by atoms with E-state index in [1.165, 1.54) is 5.56 Å². The van der Waals surface area contributed by atoms with Crippen LogP contribution < -0.4 is 10.1 Å². The van der Waals surface area contributed by atoms with Gasteiger partial charge in [0.05, 0.1) is 6.61 Å². The summed E-state index contributed by atoms with van der Waals surface area (Å²) in [5.74, 6) is 1.77. The predicted molar refractivity (Wildman–Crippen MR) is 73.6 cm³/mol. The molecule has 1 aromatic carbocycles. The van der Waals surface area contributed by atoms with Crippen LogP contribution in [0.15, 0.2) is 24.3 Å². The van der Waals surface area contributed by atoms with Gasteiger partial charge < -0.3 is 10.1 Å². The minimum atomic E-state index is 0.728. The Kier molecular flexibility index (Phi) is 6.71. The van der Waals surface area contributed by atoms with Crippen molar-refractivity contribution in [3.8, 4) is 5.75 Å². The van der Waals surface area contributed by atoms with Gasteiger partial charge in [-0.1, -0.05) is 32.0 Å². The third-order valence-electron chi connectivity index (χ3n) is 2.62. The van der Waals surface area contributed by atoms with E-state index in [9.17, 15) is 0 Å². The lowest BCUT2D eigenvalue weighted by Gasteiger charge is -2.10. The zero-order valence-corrected chi connectivity index (χ0v) is 11.3. The van der Waals surface area contributed by atoms with E-state index in [4.69, 9.17) is 4.74 Å². The molecular formula is C15H25NO. The fourth-order valence-corrected chi connectivity index (χ4v) is 1.80. The highest BCUT2D eigenvalue weighted by Gasteiger charge is 2.01. The molecule has 1 aromatic rings. The minimum absolute atomic E-state index is 0.728. The van der Waals surface area contributed by atoms with Crippen LogP contribution in [0.4, 0.5) is 0 Å². The predicted octanol–water partition coefficient (Wildman–Crippen LogP) is 3.26. The molecule has 0 heterocycles. The van der Waals surface area contributed by atoms with E-state index in [0.717, 1.165) is 44.2 Å². The van der Waals surface area contributed by atoms with Gasteiger partial charge in [0, 0.05) is 0 Å². The van der Waals surface area contributed by atoms with E-state index in [-0.39, 0.29) is 0 Å². The van der Waals surface area contributed by atoms with Crippen molar-refractivity contribution in [2.45, 2.75) is 33.6 Å². The van der Waals surface area contributed by atoms with Crippen LogP contribution in [0.2, 0.25) is 0 Å². The fraction of sp³-hybridized carbons (Fsp3) is 0.600. The zero-order chi connectivity index (χ0) is 12.5. The lowest BCUT2D eigenvalue weighted by molar-refractivity contribution is 0.336. The minimum Gasteiger partial charge on any atom is -0.494 e. The summed E-state index contributed by atoms with van der Waals surface area (Å²) in [6.45, 7) is 9.42. The highest BCUT2D eigenvalue weighted by atomic mass is 16.5. The van der Waals surface area contributed by atoms with Crippen LogP contribution in [-0.2, 0) is 6.42 Å². The zero-order valence-electron chi connectivity index (χ0n) is 11.3. The van der Waals surface area contributed by atoms with Crippen molar-refractivity contribution in [3.05, 3.63) is 29.8 Å². The summed E-state index contributed by atoms with van der Waals surface area (Å²) < 4.78 is 5.61. The Morgan fingerprint density at radius 1 is 1.24 bits per heavy atom. The summed E-state index contributed by atoms with van der Waals surface area (Å²) in [6, 6.07) is 8.33. The van der Waals surface area contributed by atoms with Crippen molar-refractivity contribution in [1.29, 1.82) is 0 Å². The van der Waals surface area contributed by atoms with Gasteiger partial charge in [0.2, 0.25) is 0 Å². The quantitative estimate of drug-likeness (QED) is 0.698. The largest absolute Gasteiger partial charge is 0.494 e. The van der Waals surface area contributed by atoms with Gasteiger partial charge in [-0.25, -0.2) is 0 Å². The molecule has 0 saturated carbocycles. The highest BCUT2D eigenvalue weighted by Crippen LogP contribution is 2.19. The van der Waals surface area contributed by atoms with Gasteiger partial charge in [0.15, 0.2) is 0 Å². The molecule has 2 nitrogen and oxygen atoms in total. The summed E-state index contributed by atoms with van der Waals surface area (Å²) in [5, 5.41) is 3.47. The van der Waals surface area contributed by atoms with Crippen molar-refractivity contribution in [2.24, 2.45) is 5.92 Å². The number of rotatable bonds is 8. The number of nitrogens with one attached hydrogen (secondary N) is 1. The molecule has 0 aliphatic rings. The van der Waals surface area contributed by atoms with Gasteiger partial charge in [0.1, 0.15) is 5.75 Å². The molecule has 0 fully saturated rings. The first kappa shape index (κ1) is 14.0. The smallest absolute Gasteiger partial charge is 0.122 e. The molecule has 96 valence electrons. The van der Waals surface area contributed by atoms with Crippen LogP contribution in [0.3, 0.4) is 0 Å². The molecule has 0 aromatic heterocycles. The summed E-state index contributed by atoms with van der Waals surface area (Å²) in [5.41, 5.74) is 1.32. The van der Waals surface area contributed by atoms with E-state index >= 15 is 0 Å². The molecule has 0 radical (unpaired) electrons. The monoisotopic (exact) mass is 235 g/mol. The maximum Gasteiger partial charge on any atom is 0.122 e. The summed E-state index contributed by atoms with van der Waals surface area (Å²) in [4.78, 5) is 0. The van der Waals surface area contributed by atoms with Gasteiger partial charge in [-0.2, -0.15) is 0 Å². The van der Waals surface area contributed by atoms with Crippen molar-refractivity contribution in [3.63, 3.8) is 0 Å². The molecule has 17 heavy (non-hydrogen) atoms. The molecule has 0 bridgehead atoms. The second-order valence-corrected chi connectivity index (χ2v) is 4.74. The van der Waals surface area contributed by atoms with Gasteiger partial charge in [0.25, 0.3) is 0 Å². The molecule has 1 rings (SSSR count). The number of para-hydroxylation sites is 1. The molecule has 1 N–H and O–H groups in total. The van der Waals surface area contributed by atoms with Crippen LogP contribution >= 0.6 is 0 Å². The van der Waals surface area contributed by atoms with E-state index in [2.05, 4.69) is 37.4 Å². The van der Waals surface area contributed by atoms with Crippen LogP contribution in [0, 0.1) is 5.92 Å². The topological polar surface area (TPSA) is 21.3 Å².